The van der Waals surface area contributed by atoms with Gasteiger partial charge in [0.2, 0.25) is 0 Å². The molecule has 1 unspecified atom stereocenters. The van der Waals surface area contributed by atoms with E-state index in [1.807, 2.05) is 0 Å². The van der Waals surface area contributed by atoms with Crippen molar-refractivity contribution in [1.82, 2.24) is 0 Å². The van der Waals surface area contributed by atoms with E-state index in [4.69, 9.17) is 11.6 Å². The van der Waals surface area contributed by atoms with Gasteiger partial charge in [-0.05, 0) is 37.1 Å². The molecule has 1 aliphatic heterocycles. The quantitative estimate of drug-likeness (QED) is 0.742. The monoisotopic (exact) mass is 255 g/mol. The second-order valence-electron chi connectivity index (χ2n) is 4.36. The van der Waals surface area contributed by atoms with Crippen LogP contribution in [0.4, 0.5) is 5.69 Å². The Labute approximate surface area is 107 Å². The average Bonchev–Trinajstić information content (AvgIpc) is 2.29. The minimum absolute atomic E-state index is 0.609. The van der Waals surface area contributed by atoms with Crippen molar-refractivity contribution in [2.24, 2.45) is 0 Å². The van der Waals surface area contributed by atoms with E-state index in [1.54, 1.807) is 0 Å². The van der Waals surface area contributed by atoms with Gasteiger partial charge in [-0.3, -0.25) is 0 Å². The molecule has 0 aliphatic carbocycles. The lowest BCUT2D eigenvalue weighted by Crippen LogP contribution is -2.40. The van der Waals surface area contributed by atoms with Crippen LogP contribution in [0.2, 0.25) is 0 Å². The van der Waals surface area contributed by atoms with Gasteiger partial charge in [-0.15, -0.1) is 11.6 Å². The van der Waals surface area contributed by atoms with Crippen molar-refractivity contribution in [3.05, 3.63) is 29.3 Å². The molecule has 0 saturated carbocycles. The summed E-state index contributed by atoms with van der Waals surface area (Å²) in [4.78, 5) is 2.50. The maximum Gasteiger partial charge on any atom is 0.0476 e. The molecule has 1 aliphatic rings. The van der Waals surface area contributed by atoms with Crippen LogP contribution in [0.1, 0.15) is 18.1 Å². The van der Waals surface area contributed by atoms with Crippen molar-refractivity contribution in [3.63, 3.8) is 0 Å². The Morgan fingerprint density at radius 3 is 2.94 bits per heavy atom. The number of thioether (sulfide) groups is 1. The van der Waals surface area contributed by atoms with Gasteiger partial charge >= 0.3 is 0 Å². The third-order valence-corrected chi connectivity index (χ3v) is 4.65. The summed E-state index contributed by atoms with van der Waals surface area (Å²) in [7, 11) is 0. The molecule has 0 amide bonds. The maximum atomic E-state index is 5.88. The summed E-state index contributed by atoms with van der Waals surface area (Å²) < 4.78 is 0. The van der Waals surface area contributed by atoms with E-state index in [0.717, 1.165) is 6.54 Å². The zero-order chi connectivity index (χ0) is 11.5. The van der Waals surface area contributed by atoms with Gasteiger partial charge in [-0.25, -0.2) is 0 Å². The average molecular weight is 256 g/mol. The Morgan fingerprint density at radius 1 is 1.50 bits per heavy atom. The topological polar surface area (TPSA) is 3.24 Å². The predicted octanol–water partition coefficient (Wildman–Crippen LogP) is 3.68. The Hall–Kier alpha value is -0.340. The van der Waals surface area contributed by atoms with Crippen LogP contribution in [0.5, 0.6) is 0 Å². The number of benzene rings is 1. The first kappa shape index (κ1) is 12.1. The lowest BCUT2D eigenvalue weighted by Gasteiger charge is -2.35. The van der Waals surface area contributed by atoms with Gasteiger partial charge in [0.05, 0.1) is 0 Å². The van der Waals surface area contributed by atoms with Crippen LogP contribution in [0, 0.1) is 6.92 Å². The molecule has 0 bridgehead atoms. The van der Waals surface area contributed by atoms with E-state index in [1.165, 1.54) is 28.3 Å². The first-order chi connectivity index (χ1) is 7.72. The lowest BCUT2D eigenvalue weighted by molar-refractivity contribution is 0.699. The summed E-state index contributed by atoms with van der Waals surface area (Å²) >= 11 is 7.93. The van der Waals surface area contributed by atoms with E-state index in [0.29, 0.717) is 11.9 Å². The molecule has 0 radical (unpaired) electrons. The van der Waals surface area contributed by atoms with Gasteiger partial charge < -0.3 is 4.90 Å². The normalized spacial score (nSPS) is 21.2. The molecule has 2 rings (SSSR count). The summed E-state index contributed by atoms with van der Waals surface area (Å²) in [6, 6.07) is 7.27. The molecule has 0 spiro atoms. The largest absolute Gasteiger partial charge is 0.367 e. The molecule has 1 fully saturated rings. The standard InChI is InChI=1S/C13H18ClNS/c1-10-7-13(4-3-12(10)8-14)15-5-6-16-9-11(15)2/h3-4,7,11H,5-6,8-9H2,1-2H3. The molecule has 1 atom stereocenters. The molecule has 88 valence electrons. The van der Waals surface area contributed by atoms with Gasteiger partial charge in [0.1, 0.15) is 0 Å². The van der Waals surface area contributed by atoms with Gasteiger partial charge in [-0.1, -0.05) is 6.07 Å². The van der Waals surface area contributed by atoms with Crippen molar-refractivity contribution < 1.29 is 0 Å². The third kappa shape index (κ3) is 2.49. The smallest absolute Gasteiger partial charge is 0.0476 e. The van der Waals surface area contributed by atoms with Crippen LogP contribution in [0.25, 0.3) is 0 Å². The van der Waals surface area contributed by atoms with Crippen LogP contribution >= 0.6 is 23.4 Å². The number of halogens is 1. The molecular formula is C13H18ClNS. The summed E-state index contributed by atoms with van der Waals surface area (Å²) in [5.74, 6) is 3.08. The fraction of sp³-hybridized carbons (Fsp3) is 0.538. The van der Waals surface area contributed by atoms with E-state index in [9.17, 15) is 0 Å². The minimum Gasteiger partial charge on any atom is -0.367 e. The molecule has 1 saturated heterocycles. The highest BCUT2D eigenvalue weighted by atomic mass is 35.5. The summed E-state index contributed by atoms with van der Waals surface area (Å²) in [5, 5.41) is 0. The minimum atomic E-state index is 0.609. The molecule has 0 N–H and O–H groups in total. The van der Waals surface area contributed by atoms with Crippen LogP contribution in [0.15, 0.2) is 18.2 Å². The second kappa shape index (κ2) is 5.33. The lowest BCUT2D eigenvalue weighted by atomic mass is 10.1. The van der Waals surface area contributed by atoms with Crippen LogP contribution in [0.3, 0.4) is 0 Å². The first-order valence-electron chi connectivity index (χ1n) is 5.72. The highest BCUT2D eigenvalue weighted by molar-refractivity contribution is 7.99. The predicted molar refractivity (Wildman–Crippen MR) is 74.9 cm³/mol. The SMILES string of the molecule is Cc1cc(N2CCSCC2C)ccc1CCl. The van der Waals surface area contributed by atoms with E-state index in [2.05, 4.69) is 48.7 Å². The van der Waals surface area contributed by atoms with Crippen LogP contribution in [-0.4, -0.2) is 24.1 Å². The number of nitrogens with zero attached hydrogens (tertiary/aromatic N) is 1. The highest BCUT2D eigenvalue weighted by Crippen LogP contribution is 2.26. The number of anilines is 1. The maximum absolute atomic E-state index is 5.88. The molecule has 1 heterocycles. The van der Waals surface area contributed by atoms with Gasteiger partial charge in [0.15, 0.2) is 0 Å². The molecule has 1 aromatic carbocycles. The Balaban J connectivity index is 2.22. The number of hydrogen-bond donors (Lipinski definition) is 0. The van der Waals surface area contributed by atoms with E-state index >= 15 is 0 Å². The van der Waals surface area contributed by atoms with Crippen molar-refractivity contribution in [3.8, 4) is 0 Å². The van der Waals surface area contributed by atoms with E-state index in [-0.39, 0.29) is 0 Å². The van der Waals surface area contributed by atoms with Crippen molar-refractivity contribution in [2.45, 2.75) is 25.8 Å². The fourth-order valence-corrected chi connectivity index (χ4v) is 3.43. The Morgan fingerprint density at radius 2 is 2.31 bits per heavy atom. The third-order valence-electron chi connectivity index (χ3n) is 3.17. The van der Waals surface area contributed by atoms with E-state index < -0.39 is 0 Å². The van der Waals surface area contributed by atoms with Crippen molar-refractivity contribution in [1.29, 1.82) is 0 Å². The van der Waals surface area contributed by atoms with Gasteiger partial charge in [-0.2, -0.15) is 11.8 Å². The van der Waals surface area contributed by atoms with Crippen LogP contribution in [-0.2, 0) is 5.88 Å². The van der Waals surface area contributed by atoms with Gasteiger partial charge in [0.25, 0.3) is 0 Å². The zero-order valence-electron chi connectivity index (χ0n) is 9.87. The molecule has 1 nitrogen and oxygen atoms in total. The number of aryl methyl sites for hydroxylation is 1. The molecule has 3 heteroatoms. The van der Waals surface area contributed by atoms with Crippen LogP contribution < -0.4 is 4.90 Å². The number of alkyl halides is 1. The molecule has 0 aromatic heterocycles. The summed E-state index contributed by atoms with van der Waals surface area (Å²) in [6.07, 6.45) is 0. The van der Waals surface area contributed by atoms with Gasteiger partial charge in [0, 0.05) is 35.7 Å². The fourth-order valence-electron chi connectivity index (χ4n) is 2.12. The Bertz CT molecular complexity index is 367. The summed E-state index contributed by atoms with van der Waals surface area (Å²) in [6.45, 7) is 5.60. The molecular weight excluding hydrogens is 238 g/mol. The molecule has 16 heavy (non-hydrogen) atoms. The van der Waals surface area contributed by atoms with Crippen molar-refractivity contribution in [2.75, 3.05) is 23.0 Å². The second-order valence-corrected chi connectivity index (χ2v) is 5.78. The highest BCUT2D eigenvalue weighted by Gasteiger charge is 2.19. The number of rotatable bonds is 2. The molecule has 1 aromatic rings. The summed E-state index contributed by atoms with van der Waals surface area (Å²) in [5.41, 5.74) is 3.89. The zero-order valence-corrected chi connectivity index (χ0v) is 11.4. The van der Waals surface area contributed by atoms with Crippen molar-refractivity contribution >= 4 is 29.1 Å². The first-order valence-corrected chi connectivity index (χ1v) is 7.41. The number of hydrogen-bond acceptors (Lipinski definition) is 2. The Kier molecular flexibility index (Phi) is 4.04.